The molecule has 14 heavy (non-hydrogen) atoms. The minimum absolute atomic E-state index is 0.793. The lowest BCUT2D eigenvalue weighted by Gasteiger charge is -2.11. The summed E-state index contributed by atoms with van der Waals surface area (Å²) in [7, 11) is 3.83. The van der Waals surface area contributed by atoms with E-state index in [1.54, 1.807) is 21.3 Å². The van der Waals surface area contributed by atoms with Gasteiger partial charge in [-0.15, -0.1) is 0 Å². The van der Waals surface area contributed by atoms with Crippen molar-refractivity contribution in [3.63, 3.8) is 0 Å². The van der Waals surface area contributed by atoms with Gasteiger partial charge in [-0.3, -0.25) is 0 Å². The molecule has 1 aromatic carbocycles. The SMILES string of the molecule is COc1ccccc1C[Si](OC)OC. The monoisotopic (exact) mass is 211 g/mol. The first-order chi connectivity index (χ1) is 6.81. The third kappa shape index (κ3) is 2.83. The molecule has 0 aromatic heterocycles. The Labute approximate surface area is 86.5 Å². The van der Waals surface area contributed by atoms with Crippen molar-refractivity contribution < 1.29 is 13.6 Å². The number of hydrogen-bond acceptors (Lipinski definition) is 3. The summed E-state index contributed by atoms with van der Waals surface area (Å²) in [5.74, 6) is 0.893. The number of hydrogen-bond donors (Lipinski definition) is 0. The molecular formula is C10H15O3Si. The van der Waals surface area contributed by atoms with Crippen LogP contribution in [0.1, 0.15) is 5.56 Å². The van der Waals surface area contributed by atoms with Gasteiger partial charge in [-0.2, -0.15) is 0 Å². The van der Waals surface area contributed by atoms with Gasteiger partial charge in [-0.1, -0.05) is 18.2 Å². The van der Waals surface area contributed by atoms with E-state index in [4.69, 9.17) is 13.6 Å². The number of methoxy groups -OCH3 is 1. The standard InChI is InChI=1S/C10H15O3Si/c1-11-10-7-5-4-6-9(10)8-14(12-2)13-3/h4-7H,8H2,1-3H3. The van der Waals surface area contributed by atoms with E-state index in [9.17, 15) is 0 Å². The fraction of sp³-hybridized carbons (Fsp3) is 0.400. The number of para-hydroxylation sites is 1. The van der Waals surface area contributed by atoms with Gasteiger partial charge in [0.25, 0.3) is 0 Å². The van der Waals surface area contributed by atoms with E-state index in [2.05, 4.69) is 0 Å². The van der Waals surface area contributed by atoms with Crippen LogP contribution < -0.4 is 4.74 Å². The maximum absolute atomic E-state index is 5.24. The molecule has 1 rings (SSSR count). The second-order valence-corrected chi connectivity index (χ2v) is 4.68. The van der Waals surface area contributed by atoms with Gasteiger partial charge < -0.3 is 13.6 Å². The highest BCUT2D eigenvalue weighted by atomic mass is 28.3. The smallest absolute Gasteiger partial charge is 0.388 e. The van der Waals surface area contributed by atoms with Crippen LogP contribution in [0, 0.1) is 0 Å². The van der Waals surface area contributed by atoms with Crippen LogP contribution in [0.3, 0.4) is 0 Å². The van der Waals surface area contributed by atoms with Gasteiger partial charge in [0.1, 0.15) is 5.75 Å². The molecule has 0 heterocycles. The van der Waals surface area contributed by atoms with Crippen molar-refractivity contribution in [1.29, 1.82) is 0 Å². The maximum Gasteiger partial charge on any atom is 0.388 e. The Hall–Kier alpha value is -0.843. The highest BCUT2D eigenvalue weighted by Crippen LogP contribution is 2.18. The summed E-state index contributed by atoms with van der Waals surface area (Å²) in [6.07, 6.45) is 0. The minimum atomic E-state index is -1.19. The topological polar surface area (TPSA) is 27.7 Å². The van der Waals surface area contributed by atoms with Gasteiger partial charge in [0.15, 0.2) is 0 Å². The van der Waals surface area contributed by atoms with E-state index in [1.165, 1.54) is 0 Å². The summed E-state index contributed by atoms with van der Waals surface area (Å²) in [6.45, 7) is 0. The molecule has 0 amide bonds. The van der Waals surface area contributed by atoms with Crippen molar-refractivity contribution in [1.82, 2.24) is 0 Å². The molecule has 0 saturated carbocycles. The van der Waals surface area contributed by atoms with Crippen LogP contribution in [-0.4, -0.2) is 30.6 Å². The van der Waals surface area contributed by atoms with Crippen LogP contribution in [0.4, 0.5) is 0 Å². The maximum atomic E-state index is 5.24. The molecule has 0 aliphatic carbocycles. The van der Waals surface area contributed by atoms with Crippen LogP contribution in [0.15, 0.2) is 24.3 Å². The Balaban J connectivity index is 2.74. The Kier molecular flexibility index (Phi) is 4.65. The molecule has 0 saturated heterocycles. The number of ether oxygens (including phenoxy) is 1. The second kappa shape index (κ2) is 5.80. The molecule has 1 aromatic rings. The van der Waals surface area contributed by atoms with Crippen LogP contribution in [0.5, 0.6) is 5.75 Å². The normalized spacial score (nSPS) is 10.6. The van der Waals surface area contributed by atoms with Crippen molar-refractivity contribution in [2.45, 2.75) is 6.04 Å². The summed E-state index contributed by atoms with van der Waals surface area (Å²) in [5, 5.41) is 0. The molecule has 4 heteroatoms. The van der Waals surface area contributed by atoms with E-state index >= 15 is 0 Å². The third-order valence-electron chi connectivity index (χ3n) is 1.98. The molecule has 0 atom stereocenters. The molecular weight excluding hydrogens is 196 g/mol. The van der Waals surface area contributed by atoms with Crippen molar-refractivity contribution >= 4 is 9.28 Å². The van der Waals surface area contributed by atoms with E-state index < -0.39 is 9.28 Å². The fourth-order valence-corrected chi connectivity index (χ4v) is 2.29. The lowest BCUT2D eigenvalue weighted by molar-refractivity contribution is 0.276. The average molecular weight is 211 g/mol. The second-order valence-electron chi connectivity index (χ2n) is 2.77. The van der Waals surface area contributed by atoms with Gasteiger partial charge in [-0.25, -0.2) is 0 Å². The Morgan fingerprint density at radius 3 is 2.29 bits per heavy atom. The molecule has 0 aliphatic rings. The Morgan fingerprint density at radius 1 is 1.07 bits per heavy atom. The van der Waals surface area contributed by atoms with Crippen LogP contribution >= 0.6 is 0 Å². The third-order valence-corrected chi connectivity index (χ3v) is 3.56. The number of rotatable bonds is 5. The van der Waals surface area contributed by atoms with E-state index in [-0.39, 0.29) is 0 Å². The summed E-state index contributed by atoms with van der Waals surface area (Å²) in [4.78, 5) is 0. The van der Waals surface area contributed by atoms with Crippen LogP contribution in [-0.2, 0) is 14.9 Å². The Bertz CT molecular complexity index is 274. The van der Waals surface area contributed by atoms with Gasteiger partial charge in [-0.05, 0) is 11.6 Å². The minimum Gasteiger partial charge on any atom is -0.496 e. The molecule has 3 nitrogen and oxygen atoms in total. The molecule has 0 bridgehead atoms. The van der Waals surface area contributed by atoms with E-state index in [0.29, 0.717) is 0 Å². The molecule has 0 aliphatic heterocycles. The van der Waals surface area contributed by atoms with Gasteiger partial charge >= 0.3 is 9.28 Å². The zero-order valence-electron chi connectivity index (χ0n) is 8.74. The fourth-order valence-electron chi connectivity index (χ4n) is 1.23. The van der Waals surface area contributed by atoms with Crippen molar-refractivity contribution in [2.24, 2.45) is 0 Å². The van der Waals surface area contributed by atoms with E-state index in [1.807, 2.05) is 24.3 Å². The highest BCUT2D eigenvalue weighted by Gasteiger charge is 2.15. The summed E-state index contributed by atoms with van der Waals surface area (Å²) >= 11 is 0. The van der Waals surface area contributed by atoms with Gasteiger partial charge in [0.2, 0.25) is 0 Å². The molecule has 0 unspecified atom stereocenters. The molecule has 0 N–H and O–H groups in total. The van der Waals surface area contributed by atoms with Crippen molar-refractivity contribution in [3.05, 3.63) is 29.8 Å². The van der Waals surface area contributed by atoms with Gasteiger partial charge in [0, 0.05) is 20.3 Å². The van der Waals surface area contributed by atoms with E-state index in [0.717, 1.165) is 17.4 Å². The average Bonchev–Trinajstić information content (AvgIpc) is 2.26. The molecule has 0 spiro atoms. The number of benzene rings is 1. The van der Waals surface area contributed by atoms with Crippen LogP contribution in [0.25, 0.3) is 0 Å². The molecule has 0 fully saturated rings. The summed E-state index contributed by atoms with van der Waals surface area (Å²) in [6, 6.07) is 8.71. The lowest BCUT2D eigenvalue weighted by atomic mass is 10.2. The first-order valence-electron chi connectivity index (χ1n) is 4.37. The van der Waals surface area contributed by atoms with Crippen molar-refractivity contribution in [3.8, 4) is 5.75 Å². The Morgan fingerprint density at radius 2 is 1.71 bits per heavy atom. The lowest BCUT2D eigenvalue weighted by Crippen LogP contribution is -2.22. The zero-order chi connectivity index (χ0) is 10.4. The summed E-state index contributed by atoms with van der Waals surface area (Å²) < 4.78 is 15.7. The van der Waals surface area contributed by atoms with Crippen LogP contribution in [0.2, 0.25) is 0 Å². The quantitative estimate of drug-likeness (QED) is 0.692. The molecule has 1 radical (unpaired) electrons. The predicted octanol–water partition coefficient (Wildman–Crippen LogP) is 1.56. The summed E-state index contributed by atoms with van der Waals surface area (Å²) in [5.41, 5.74) is 1.13. The highest BCUT2D eigenvalue weighted by molar-refractivity contribution is 6.43. The first-order valence-corrected chi connectivity index (χ1v) is 5.90. The van der Waals surface area contributed by atoms with Crippen molar-refractivity contribution in [2.75, 3.05) is 21.3 Å². The largest absolute Gasteiger partial charge is 0.496 e. The first kappa shape index (κ1) is 11.2. The van der Waals surface area contributed by atoms with Gasteiger partial charge in [0.05, 0.1) is 7.11 Å². The molecule has 77 valence electrons. The predicted molar refractivity (Wildman–Crippen MR) is 56.5 cm³/mol. The zero-order valence-corrected chi connectivity index (χ0v) is 9.74.